The fourth-order valence-electron chi connectivity index (χ4n) is 4.80. The molecule has 0 spiro atoms. The van der Waals surface area contributed by atoms with Crippen molar-refractivity contribution in [2.45, 2.75) is 62.4 Å². The Hall–Kier alpha value is -1.39. The summed E-state index contributed by atoms with van der Waals surface area (Å²) >= 11 is 3.98. The largest absolute Gasteiger partial charge is 0.478 e. The zero-order chi connectivity index (χ0) is 21.0. The molecule has 4 heteroatoms. The van der Waals surface area contributed by atoms with Crippen molar-refractivity contribution in [1.29, 1.82) is 0 Å². The first-order chi connectivity index (χ1) is 13.6. The second kappa shape index (κ2) is 7.09. The van der Waals surface area contributed by atoms with Gasteiger partial charge in [-0.05, 0) is 70.5 Å². The van der Waals surface area contributed by atoms with Crippen LogP contribution in [0.3, 0.4) is 0 Å². The third-order valence-electron chi connectivity index (χ3n) is 6.76. The average Bonchev–Trinajstić information content (AvgIpc) is 3.16. The van der Waals surface area contributed by atoms with Crippen LogP contribution in [0.2, 0.25) is 0 Å². The summed E-state index contributed by atoms with van der Waals surface area (Å²) in [5, 5.41) is 9.30. The van der Waals surface area contributed by atoms with Gasteiger partial charge in [-0.25, -0.2) is 4.79 Å². The molecule has 2 aromatic carbocycles. The van der Waals surface area contributed by atoms with Crippen LogP contribution in [0.5, 0.6) is 0 Å². The molecule has 1 saturated heterocycles. The first-order valence-electron chi connectivity index (χ1n) is 10.3. The van der Waals surface area contributed by atoms with Crippen LogP contribution in [0.25, 0.3) is 0 Å². The van der Waals surface area contributed by atoms with Crippen molar-refractivity contribution in [3.8, 4) is 0 Å². The van der Waals surface area contributed by atoms with Gasteiger partial charge in [-0.1, -0.05) is 52.0 Å². The van der Waals surface area contributed by atoms with Crippen LogP contribution in [0.15, 0.2) is 36.4 Å². The molecule has 0 aromatic heterocycles. The molecule has 0 radical (unpaired) electrons. The molecule has 154 valence electrons. The van der Waals surface area contributed by atoms with Gasteiger partial charge in [-0.15, -0.1) is 23.5 Å². The topological polar surface area (TPSA) is 37.3 Å². The van der Waals surface area contributed by atoms with Crippen molar-refractivity contribution in [1.82, 2.24) is 0 Å². The van der Waals surface area contributed by atoms with Crippen LogP contribution >= 0.6 is 23.5 Å². The third kappa shape index (κ3) is 3.42. The highest BCUT2D eigenvalue weighted by molar-refractivity contribution is 8.20. The van der Waals surface area contributed by atoms with Crippen LogP contribution in [0, 0.1) is 6.92 Å². The first-order valence-corrected chi connectivity index (χ1v) is 12.3. The molecule has 2 nitrogen and oxygen atoms in total. The van der Waals surface area contributed by atoms with Crippen molar-refractivity contribution < 1.29 is 9.90 Å². The van der Waals surface area contributed by atoms with Crippen LogP contribution in [0.4, 0.5) is 0 Å². The predicted molar refractivity (Wildman–Crippen MR) is 126 cm³/mol. The number of thioether (sulfide) groups is 2. The monoisotopic (exact) mass is 426 g/mol. The normalized spacial score (nSPS) is 21.6. The minimum Gasteiger partial charge on any atom is -0.478 e. The van der Waals surface area contributed by atoms with Crippen LogP contribution in [-0.4, -0.2) is 22.6 Å². The van der Waals surface area contributed by atoms with Gasteiger partial charge in [0.1, 0.15) is 4.08 Å². The molecule has 0 saturated carbocycles. The van der Waals surface area contributed by atoms with E-state index in [0.717, 1.165) is 11.5 Å². The number of benzene rings is 2. The summed E-state index contributed by atoms with van der Waals surface area (Å²) < 4.78 is -0.159. The predicted octanol–water partition coefficient (Wildman–Crippen LogP) is 6.72. The maximum absolute atomic E-state index is 11.3. The Morgan fingerprint density at radius 1 is 0.862 bits per heavy atom. The Kier molecular flexibility index (Phi) is 5.10. The van der Waals surface area contributed by atoms with Crippen molar-refractivity contribution >= 4 is 29.5 Å². The zero-order valence-corrected chi connectivity index (χ0v) is 19.6. The fourth-order valence-corrected chi connectivity index (χ4v) is 8.23. The van der Waals surface area contributed by atoms with Crippen molar-refractivity contribution in [3.05, 3.63) is 69.8 Å². The lowest BCUT2D eigenvalue weighted by atomic mass is 9.62. The van der Waals surface area contributed by atoms with Gasteiger partial charge in [0.15, 0.2) is 0 Å². The Balaban J connectivity index is 1.90. The van der Waals surface area contributed by atoms with E-state index in [2.05, 4.69) is 46.8 Å². The lowest BCUT2D eigenvalue weighted by molar-refractivity contribution is 0.0697. The molecule has 0 unspecified atom stereocenters. The summed E-state index contributed by atoms with van der Waals surface area (Å²) in [6.07, 6.45) is 2.42. The average molecular weight is 427 g/mol. The molecule has 29 heavy (non-hydrogen) atoms. The summed E-state index contributed by atoms with van der Waals surface area (Å²) in [6.45, 7) is 11.8. The zero-order valence-electron chi connectivity index (χ0n) is 18.0. The Morgan fingerprint density at radius 3 is 1.90 bits per heavy atom. The highest BCUT2D eigenvalue weighted by Gasteiger charge is 2.43. The molecule has 4 rings (SSSR count). The number of rotatable bonds is 3. The van der Waals surface area contributed by atoms with Gasteiger partial charge in [0, 0.05) is 11.5 Å². The number of aryl methyl sites for hydroxylation is 1. The lowest BCUT2D eigenvalue weighted by Gasteiger charge is -2.43. The maximum atomic E-state index is 11.3. The quantitative estimate of drug-likeness (QED) is 0.591. The van der Waals surface area contributed by atoms with Gasteiger partial charge >= 0.3 is 5.97 Å². The third-order valence-corrected chi connectivity index (χ3v) is 10.3. The highest BCUT2D eigenvalue weighted by Crippen LogP contribution is 2.58. The summed E-state index contributed by atoms with van der Waals surface area (Å²) in [5.41, 5.74) is 7.66. The van der Waals surface area contributed by atoms with Crippen molar-refractivity contribution in [2.75, 3.05) is 11.5 Å². The maximum Gasteiger partial charge on any atom is 0.335 e. The highest BCUT2D eigenvalue weighted by atomic mass is 32.2. The van der Waals surface area contributed by atoms with Crippen molar-refractivity contribution in [3.63, 3.8) is 0 Å². The molecule has 1 heterocycles. The molecule has 2 aromatic rings. The van der Waals surface area contributed by atoms with Gasteiger partial charge in [0.05, 0.1) is 5.56 Å². The van der Waals surface area contributed by atoms with E-state index in [4.69, 9.17) is 0 Å². The molecule has 2 aliphatic rings. The van der Waals surface area contributed by atoms with E-state index in [1.807, 2.05) is 35.7 Å². The molecular formula is C25H30O2S2. The van der Waals surface area contributed by atoms with E-state index in [9.17, 15) is 9.90 Å². The Labute approximate surface area is 182 Å². The van der Waals surface area contributed by atoms with E-state index >= 15 is 0 Å². The van der Waals surface area contributed by atoms with Gasteiger partial charge in [0.2, 0.25) is 0 Å². The molecule has 0 amide bonds. The smallest absolute Gasteiger partial charge is 0.335 e. The fraction of sp³-hybridized carbons (Fsp3) is 0.480. The molecule has 1 fully saturated rings. The van der Waals surface area contributed by atoms with Gasteiger partial charge < -0.3 is 5.11 Å². The van der Waals surface area contributed by atoms with Gasteiger partial charge in [-0.3, -0.25) is 0 Å². The van der Waals surface area contributed by atoms with E-state index in [1.165, 1.54) is 40.7 Å². The second-order valence-corrected chi connectivity index (χ2v) is 12.6. The van der Waals surface area contributed by atoms with E-state index in [-0.39, 0.29) is 14.9 Å². The molecule has 0 bridgehead atoms. The number of hydrogen-bond donors (Lipinski definition) is 1. The lowest BCUT2D eigenvalue weighted by Crippen LogP contribution is -2.35. The van der Waals surface area contributed by atoms with Gasteiger partial charge in [0.25, 0.3) is 0 Å². The summed E-state index contributed by atoms with van der Waals surface area (Å²) in [5.74, 6) is 1.35. The number of carboxylic acid groups (broad SMARTS) is 1. The number of fused-ring (bicyclic) bond motifs is 1. The number of carboxylic acids is 1. The Morgan fingerprint density at radius 2 is 1.38 bits per heavy atom. The number of hydrogen-bond acceptors (Lipinski definition) is 3. The van der Waals surface area contributed by atoms with E-state index in [0.29, 0.717) is 5.56 Å². The standard InChI is InChI=1S/C25H30O2S2/c1-16-14-20-21(24(4,5)11-10-23(20,2)3)15-19(16)25(28-12-13-29-25)18-8-6-17(7-9-18)22(26)27/h6-9,14-15H,10-13H2,1-5H3,(H,26,27). The second-order valence-electron chi connectivity index (χ2n) is 9.68. The summed E-state index contributed by atoms with van der Waals surface area (Å²) in [4.78, 5) is 11.3. The summed E-state index contributed by atoms with van der Waals surface area (Å²) in [6, 6.07) is 12.5. The Bertz CT molecular complexity index is 952. The number of carbonyl (C=O) groups is 1. The summed E-state index contributed by atoms with van der Waals surface area (Å²) in [7, 11) is 0. The first kappa shape index (κ1) is 20.9. The number of aromatic carboxylic acids is 1. The molecule has 1 aliphatic heterocycles. The SMILES string of the molecule is Cc1cc2c(cc1C1(c3ccc(C(=O)O)cc3)SCCS1)C(C)(C)CCC2(C)C. The minimum absolute atomic E-state index is 0.159. The van der Waals surface area contributed by atoms with Crippen LogP contribution < -0.4 is 0 Å². The minimum atomic E-state index is -0.869. The molecular weight excluding hydrogens is 396 g/mol. The van der Waals surface area contributed by atoms with E-state index in [1.54, 1.807) is 12.1 Å². The molecule has 1 N–H and O–H groups in total. The van der Waals surface area contributed by atoms with Gasteiger partial charge in [-0.2, -0.15) is 0 Å². The van der Waals surface area contributed by atoms with Crippen LogP contribution in [-0.2, 0) is 14.9 Å². The molecule has 1 aliphatic carbocycles. The van der Waals surface area contributed by atoms with Crippen molar-refractivity contribution in [2.24, 2.45) is 0 Å². The molecule has 0 atom stereocenters. The van der Waals surface area contributed by atoms with Crippen LogP contribution in [0.1, 0.15) is 78.7 Å². The van der Waals surface area contributed by atoms with E-state index < -0.39 is 5.97 Å².